The number of benzene rings is 3. The van der Waals surface area contributed by atoms with Gasteiger partial charge in [0.15, 0.2) is 0 Å². The molecular weight excluding hydrogens is 586 g/mol. The molecule has 2 aliphatic heterocycles. The number of rotatable bonds is 14. The Morgan fingerprint density at radius 2 is 1.61 bits per heavy atom. The predicted octanol–water partition coefficient (Wildman–Crippen LogP) is 1.14. The van der Waals surface area contributed by atoms with Crippen LogP contribution in [0.5, 0.6) is 0 Å². The molecule has 2 aliphatic rings. The molecule has 4 amide bonds. The zero-order valence-corrected chi connectivity index (χ0v) is 25.8. The SMILES string of the molecule is O=C[C@H](C[C@@H]1CCNC1=O)NC(=O)[C@H](CN1CCOCC1)NC(=O)[C@H](Cc1cccc2ccccc12)NC(=O)Cc1ccccc1. The number of hydrogen-bond donors (Lipinski definition) is 4. The fraction of sp³-hybridized carbons (Fsp3) is 0.400. The third-order valence-electron chi connectivity index (χ3n) is 8.53. The summed E-state index contributed by atoms with van der Waals surface area (Å²) in [5, 5.41) is 13.3. The molecule has 0 bridgehead atoms. The first-order chi connectivity index (χ1) is 22.4. The molecule has 242 valence electrons. The van der Waals surface area contributed by atoms with Gasteiger partial charge in [0.2, 0.25) is 23.6 Å². The van der Waals surface area contributed by atoms with Gasteiger partial charge in [-0.25, -0.2) is 0 Å². The molecule has 11 heteroatoms. The van der Waals surface area contributed by atoms with Crippen LogP contribution in [0, 0.1) is 5.92 Å². The normalized spacial score (nSPS) is 18.6. The Hall–Kier alpha value is -4.61. The number of nitrogens with one attached hydrogen (secondary N) is 4. The molecular formula is C35H41N5O6. The molecule has 0 saturated carbocycles. The molecule has 46 heavy (non-hydrogen) atoms. The third-order valence-corrected chi connectivity index (χ3v) is 8.53. The molecule has 4 N–H and O–H groups in total. The Labute approximate surface area is 268 Å². The van der Waals surface area contributed by atoms with E-state index >= 15 is 0 Å². The molecule has 11 nitrogen and oxygen atoms in total. The zero-order valence-electron chi connectivity index (χ0n) is 25.8. The van der Waals surface area contributed by atoms with Gasteiger partial charge in [0, 0.05) is 38.5 Å². The highest BCUT2D eigenvalue weighted by atomic mass is 16.5. The molecule has 5 rings (SSSR count). The largest absolute Gasteiger partial charge is 0.379 e. The monoisotopic (exact) mass is 627 g/mol. The molecule has 4 atom stereocenters. The molecule has 0 aliphatic carbocycles. The summed E-state index contributed by atoms with van der Waals surface area (Å²) in [6.45, 7) is 2.87. The van der Waals surface area contributed by atoms with Crippen LogP contribution in [0.2, 0.25) is 0 Å². The van der Waals surface area contributed by atoms with Crippen LogP contribution in [0.1, 0.15) is 24.0 Å². The second-order valence-electron chi connectivity index (χ2n) is 11.9. The summed E-state index contributed by atoms with van der Waals surface area (Å²) in [5.41, 5.74) is 1.69. The van der Waals surface area contributed by atoms with Crippen LogP contribution in [0.25, 0.3) is 10.8 Å². The Balaban J connectivity index is 1.35. The van der Waals surface area contributed by atoms with E-state index in [1.54, 1.807) is 0 Å². The molecule has 2 fully saturated rings. The molecule has 0 aromatic heterocycles. The molecule has 0 spiro atoms. The number of carbonyl (C=O) groups is 5. The van der Waals surface area contributed by atoms with E-state index in [1.807, 2.05) is 77.7 Å². The number of ether oxygens (including phenoxy) is 1. The van der Waals surface area contributed by atoms with E-state index in [0.717, 1.165) is 21.9 Å². The van der Waals surface area contributed by atoms with Gasteiger partial charge in [0.1, 0.15) is 18.4 Å². The van der Waals surface area contributed by atoms with Crippen molar-refractivity contribution < 1.29 is 28.7 Å². The first kappa shape index (κ1) is 32.8. The Morgan fingerprint density at radius 1 is 0.891 bits per heavy atom. The molecule has 3 aromatic rings. The van der Waals surface area contributed by atoms with Crippen molar-refractivity contribution in [3.8, 4) is 0 Å². The van der Waals surface area contributed by atoms with Crippen LogP contribution in [-0.4, -0.2) is 92.3 Å². The zero-order chi connectivity index (χ0) is 32.3. The highest BCUT2D eigenvalue weighted by Crippen LogP contribution is 2.20. The number of fused-ring (bicyclic) bond motifs is 1. The maximum Gasteiger partial charge on any atom is 0.244 e. The van der Waals surface area contributed by atoms with Crippen LogP contribution in [-0.2, 0) is 41.6 Å². The summed E-state index contributed by atoms with van der Waals surface area (Å²) < 4.78 is 5.46. The minimum absolute atomic E-state index is 0.0909. The summed E-state index contributed by atoms with van der Waals surface area (Å²) in [5.74, 6) is -1.87. The summed E-state index contributed by atoms with van der Waals surface area (Å²) in [7, 11) is 0. The Morgan fingerprint density at radius 3 is 2.35 bits per heavy atom. The number of morpholine rings is 1. The lowest BCUT2D eigenvalue weighted by Crippen LogP contribution is -2.59. The third kappa shape index (κ3) is 8.98. The van der Waals surface area contributed by atoms with Crippen molar-refractivity contribution >= 4 is 40.7 Å². The average Bonchev–Trinajstić information content (AvgIpc) is 3.48. The molecule has 2 saturated heterocycles. The van der Waals surface area contributed by atoms with Gasteiger partial charge >= 0.3 is 0 Å². The maximum atomic E-state index is 14.0. The molecule has 0 unspecified atom stereocenters. The topological polar surface area (TPSA) is 146 Å². The van der Waals surface area contributed by atoms with Crippen molar-refractivity contribution in [3.05, 3.63) is 83.9 Å². The number of nitrogens with zero attached hydrogens (tertiary/aromatic N) is 1. The highest BCUT2D eigenvalue weighted by molar-refractivity contribution is 5.94. The van der Waals surface area contributed by atoms with Gasteiger partial charge in [-0.15, -0.1) is 0 Å². The number of hydrogen-bond acceptors (Lipinski definition) is 7. The molecule has 2 heterocycles. The fourth-order valence-electron chi connectivity index (χ4n) is 6.04. The van der Waals surface area contributed by atoms with Crippen LogP contribution in [0.3, 0.4) is 0 Å². The summed E-state index contributed by atoms with van der Waals surface area (Å²) >= 11 is 0. The lowest BCUT2D eigenvalue weighted by atomic mass is 9.97. The minimum Gasteiger partial charge on any atom is -0.379 e. The number of aldehydes is 1. The van der Waals surface area contributed by atoms with Crippen molar-refractivity contribution in [2.75, 3.05) is 39.4 Å². The first-order valence-corrected chi connectivity index (χ1v) is 15.8. The fourth-order valence-corrected chi connectivity index (χ4v) is 6.04. The van der Waals surface area contributed by atoms with Gasteiger partial charge in [-0.3, -0.25) is 24.1 Å². The summed E-state index contributed by atoms with van der Waals surface area (Å²) in [6, 6.07) is 20.0. The van der Waals surface area contributed by atoms with Crippen LogP contribution in [0.15, 0.2) is 72.8 Å². The van der Waals surface area contributed by atoms with Gasteiger partial charge < -0.3 is 30.8 Å². The van der Waals surface area contributed by atoms with Crippen molar-refractivity contribution in [3.63, 3.8) is 0 Å². The Kier molecular flexibility index (Phi) is 11.5. The van der Waals surface area contributed by atoms with E-state index in [-0.39, 0.29) is 43.5 Å². The smallest absolute Gasteiger partial charge is 0.244 e. The minimum atomic E-state index is -1.02. The lowest BCUT2D eigenvalue weighted by Gasteiger charge is -2.31. The van der Waals surface area contributed by atoms with E-state index in [0.29, 0.717) is 45.6 Å². The van der Waals surface area contributed by atoms with E-state index in [4.69, 9.17) is 4.74 Å². The van der Waals surface area contributed by atoms with Gasteiger partial charge in [-0.05, 0) is 34.7 Å². The van der Waals surface area contributed by atoms with Gasteiger partial charge in [0.05, 0.1) is 25.7 Å². The number of amides is 4. The first-order valence-electron chi connectivity index (χ1n) is 15.8. The van der Waals surface area contributed by atoms with Crippen molar-refractivity contribution in [1.82, 2.24) is 26.2 Å². The van der Waals surface area contributed by atoms with Gasteiger partial charge in [-0.1, -0.05) is 72.8 Å². The van der Waals surface area contributed by atoms with E-state index < -0.39 is 29.9 Å². The molecule has 0 radical (unpaired) electrons. The standard InChI is InChI=1S/C35H41N5O6/c41-23-28(20-27-13-14-36-33(27)43)37-35(45)31(22-40-15-17-46-18-16-40)39-34(44)30(38-32(42)19-24-7-2-1-3-8-24)21-26-11-6-10-25-9-4-5-12-29(25)26/h1-12,23,27-28,30-31H,13-22H2,(H,36,43)(H,37,45)(H,38,42)(H,39,44)/t27-,28-,30-,31-/m0/s1. The molecule has 3 aromatic carbocycles. The lowest BCUT2D eigenvalue weighted by molar-refractivity contribution is -0.133. The summed E-state index contributed by atoms with van der Waals surface area (Å²) in [4.78, 5) is 67.0. The second-order valence-corrected chi connectivity index (χ2v) is 11.9. The maximum absolute atomic E-state index is 14.0. The van der Waals surface area contributed by atoms with E-state index in [1.165, 1.54) is 0 Å². The second kappa shape index (κ2) is 16.1. The van der Waals surface area contributed by atoms with Crippen LogP contribution >= 0.6 is 0 Å². The van der Waals surface area contributed by atoms with Crippen LogP contribution < -0.4 is 21.3 Å². The van der Waals surface area contributed by atoms with Crippen molar-refractivity contribution in [2.24, 2.45) is 5.92 Å². The quantitative estimate of drug-likeness (QED) is 0.196. The van der Waals surface area contributed by atoms with E-state index in [2.05, 4.69) is 21.3 Å². The van der Waals surface area contributed by atoms with E-state index in [9.17, 15) is 24.0 Å². The van der Waals surface area contributed by atoms with Gasteiger partial charge in [-0.2, -0.15) is 0 Å². The van der Waals surface area contributed by atoms with Gasteiger partial charge in [0.25, 0.3) is 0 Å². The van der Waals surface area contributed by atoms with Crippen molar-refractivity contribution in [1.29, 1.82) is 0 Å². The van der Waals surface area contributed by atoms with Crippen molar-refractivity contribution in [2.45, 2.75) is 43.8 Å². The predicted molar refractivity (Wildman–Crippen MR) is 173 cm³/mol. The van der Waals surface area contributed by atoms with Crippen LogP contribution in [0.4, 0.5) is 0 Å². The average molecular weight is 628 g/mol. The Bertz CT molecular complexity index is 1520. The highest BCUT2D eigenvalue weighted by Gasteiger charge is 2.32. The summed E-state index contributed by atoms with van der Waals surface area (Å²) in [6.07, 6.45) is 1.69. The number of carbonyl (C=O) groups excluding carboxylic acids is 5.